The van der Waals surface area contributed by atoms with Crippen molar-refractivity contribution in [2.45, 2.75) is 31.9 Å². The van der Waals surface area contributed by atoms with Crippen molar-refractivity contribution in [1.29, 1.82) is 0 Å². The Kier molecular flexibility index (Phi) is 3.78. The molecule has 25 heavy (non-hydrogen) atoms. The van der Waals surface area contributed by atoms with Gasteiger partial charge in [0.2, 0.25) is 0 Å². The number of nitrogens with zero attached hydrogens (tertiary/aromatic N) is 4. The summed E-state index contributed by atoms with van der Waals surface area (Å²) in [5, 5.41) is 12.2. The lowest BCUT2D eigenvalue weighted by Gasteiger charge is -2.15. The van der Waals surface area contributed by atoms with Crippen molar-refractivity contribution in [3.05, 3.63) is 59.5 Å². The first-order valence-electron chi connectivity index (χ1n) is 8.10. The first-order chi connectivity index (χ1) is 12.0. The van der Waals surface area contributed by atoms with Gasteiger partial charge < -0.3 is 0 Å². The highest BCUT2D eigenvalue weighted by Crippen LogP contribution is 2.38. The summed E-state index contributed by atoms with van der Waals surface area (Å²) >= 11 is 0. The molecule has 0 saturated heterocycles. The average Bonchev–Trinajstić information content (AvgIpc) is 3.07. The third-order valence-electron chi connectivity index (χ3n) is 4.38. The van der Waals surface area contributed by atoms with Gasteiger partial charge >= 0.3 is 6.18 Å². The molecule has 0 spiro atoms. The number of rotatable bonds is 2. The monoisotopic (exact) mass is 344 g/mol. The molecule has 0 fully saturated rings. The fourth-order valence-corrected chi connectivity index (χ4v) is 3.20. The first kappa shape index (κ1) is 15.8. The van der Waals surface area contributed by atoms with Crippen molar-refractivity contribution in [3.8, 4) is 16.9 Å². The van der Waals surface area contributed by atoms with Crippen LogP contribution >= 0.6 is 0 Å². The molecule has 1 aromatic carbocycles. The third kappa shape index (κ3) is 2.90. The molecule has 0 aliphatic heterocycles. The van der Waals surface area contributed by atoms with E-state index in [9.17, 15) is 13.2 Å². The summed E-state index contributed by atoms with van der Waals surface area (Å²) in [7, 11) is 0. The van der Waals surface area contributed by atoms with Crippen LogP contribution in [0.15, 0.2) is 42.6 Å². The standard InChI is InChI=1S/C18H15F3N4/c19-18(20,21)17-14(11-22-25(17)13-7-2-1-3-8-13)16-10-12-6-4-5-9-15(12)23-24-16/h1-3,7-8,10-11H,4-6,9H2. The summed E-state index contributed by atoms with van der Waals surface area (Å²) < 4.78 is 42.1. The highest BCUT2D eigenvalue weighted by molar-refractivity contribution is 5.64. The van der Waals surface area contributed by atoms with E-state index < -0.39 is 11.9 Å². The topological polar surface area (TPSA) is 43.6 Å². The Labute approximate surface area is 142 Å². The van der Waals surface area contributed by atoms with Crippen LogP contribution in [0.1, 0.15) is 29.8 Å². The van der Waals surface area contributed by atoms with Gasteiger partial charge in [-0.3, -0.25) is 0 Å². The van der Waals surface area contributed by atoms with Gasteiger partial charge in [0, 0.05) is 0 Å². The molecule has 1 aliphatic rings. The fourth-order valence-electron chi connectivity index (χ4n) is 3.20. The molecule has 7 heteroatoms. The van der Waals surface area contributed by atoms with Gasteiger partial charge in [-0.15, -0.1) is 0 Å². The molecule has 0 saturated carbocycles. The average molecular weight is 344 g/mol. The summed E-state index contributed by atoms with van der Waals surface area (Å²) in [4.78, 5) is 0. The Morgan fingerprint density at radius 3 is 2.48 bits per heavy atom. The van der Waals surface area contributed by atoms with Crippen LogP contribution in [0.4, 0.5) is 13.2 Å². The molecule has 0 amide bonds. The molecule has 2 heterocycles. The van der Waals surface area contributed by atoms with E-state index in [4.69, 9.17) is 0 Å². The predicted molar refractivity (Wildman–Crippen MR) is 86.2 cm³/mol. The van der Waals surface area contributed by atoms with Crippen LogP contribution in [0.2, 0.25) is 0 Å². The second-order valence-corrected chi connectivity index (χ2v) is 6.06. The van der Waals surface area contributed by atoms with Gasteiger partial charge in [-0.2, -0.15) is 28.5 Å². The van der Waals surface area contributed by atoms with Crippen molar-refractivity contribution in [3.63, 3.8) is 0 Å². The van der Waals surface area contributed by atoms with Gasteiger partial charge in [0.05, 0.1) is 28.8 Å². The molecule has 2 aromatic heterocycles. The molecule has 4 rings (SSSR count). The number of aryl methyl sites for hydroxylation is 2. The Bertz CT molecular complexity index is 900. The molecule has 4 nitrogen and oxygen atoms in total. The minimum absolute atomic E-state index is 0.0442. The maximum Gasteiger partial charge on any atom is 0.434 e. The highest BCUT2D eigenvalue weighted by atomic mass is 19.4. The molecule has 128 valence electrons. The van der Waals surface area contributed by atoms with Crippen molar-refractivity contribution in [2.75, 3.05) is 0 Å². The van der Waals surface area contributed by atoms with Gasteiger partial charge in [-0.1, -0.05) is 18.2 Å². The molecule has 1 aliphatic carbocycles. The summed E-state index contributed by atoms with van der Waals surface area (Å²) in [6, 6.07) is 10.00. The zero-order valence-electron chi connectivity index (χ0n) is 13.3. The number of halogens is 3. The Balaban J connectivity index is 1.87. The van der Waals surface area contributed by atoms with Crippen LogP contribution in [0, 0.1) is 0 Å². The maximum absolute atomic E-state index is 13.7. The highest BCUT2D eigenvalue weighted by Gasteiger charge is 2.39. The number of alkyl halides is 3. The van der Waals surface area contributed by atoms with E-state index in [1.165, 1.54) is 6.20 Å². The van der Waals surface area contributed by atoms with Gasteiger partial charge in [0.1, 0.15) is 0 Å². The lowest BCUT2D eigenvalue weighted by atomic mass is 9.95. The fraction of sp³-hybridized carbons (Fsp3) is 0.278. The van der Waals surface area contributed by atoms with E-state index in [-0.39, 0.29) is 11.3 Å². The van der Waals surface area contributed by atoms with Crippen LogP contribution < -0.4 is 0 Å². The van der Waals surface area contributed by atoms with E-state index in [0.717, 1.165) is 41.6 Å². The number of benzene rings is 1. The summed E-state index contributed by atoms with van der Waals surface area (Å²) in [6.45, 7) is 0. The van der Waals surface area contributed by atoms with E-state index in [0.29, 0.717) is 5.69 Å². The minimum atomic E-state index is -4.56. The number of hydrogen-bond acceptors (Lipinski definition) is 3. The largest absolute Gasteiger partial charge is 0.434 e. The van der Waals surface area contributed by atoms with E-state index in [1.807, 2.05) is 0 Å². The van der Waals surface area contributed by atoms with Gasteiger partial charge in [-0.25, -0.2) is 4.68 Å². The van der Waals surface area contributed by atoms with Crippen molar-refractivity contribution in [1.82, 2.24) is 20.0 Å². The Morgan fingerprint density at radius 2 is 1.72 bits per heavy atom. The molecule has 0 radical (unpaired) electrons. The first-order valence-corrected chi connectivity index (χ1v) is 8.10. The maximum atomic E-state index is 13.7. The quantitative estimate of drug-likeness (QED) is 0.699. The minimum Gasteiger partial charge on any atom is -0.228 e. The van der Waals surface area contributed by atoms with E-state index in [1.54, 1.807) is 36.4 Å². The van der Waals surface area contributed by atoms with Crippen LogP contribution in [0.3, 0.4) is 0 Å². The van der Waals surface area contributed by atoms with Crippen LogP contribution in [-0.2, 0) is 19.0 Å². The zero-order valence-corrected chi connectivity index (χ0v) is 13.3. The third-order valence-corrected chi connectivity index (χ3v) is 4.38. The van der Waals surface area contributed by atoms with Gasteiger partial charge in [0.15, 0.2) is 5.69 Å². The van der Waals surface area contributed by atoms with Crippen LogP contribution in [0.5, 0.6) is 0 Å². The van der Waals surface area contributed by atoms with E-state index >= 15 is 0 Å². The van der Waals surface area contributed by atoms with E-state index in [2.05, 4.69) is 15.3 Å². The molecule has 0 unspecified atom stereocenters. The summed E-state index contributed by atoms with van der Waals surface area (Å²) in [6.07, 6.45) is 0.382. The smallest absolute Gasteiger partial charge is 0.228 e. The van der Waals surface area contributed by atoms with Crippen molar-refractivity contribution >= 4 is 0 Å². The van der Waals surface area contributed by atoms with Crippen LogP contribution in [0.25, 0.3) is 16.9 Å². The Morgan fingerprint density at radius 1 is 0.960 bits per heavy atom. The molecular weight excluding hydrogens is 329 g/mol. The zero-order chi connectivity index (χ0) is 17.4. The number of hydrogen-bond donors (Lipinski definition) is 0. The van der Waals surface area contributed by atoms with Crippen LogP contribution in [-0.4, -0.2) is 20.0 Å². The lowest BCUT2D eigenvalue weighted by Crippen LogP contribution is -2.15. The molecular formula is C18H15F3N4. The lowest BCUT2D eigenvalue weighted by molar-refractivity contribution is -0.142. The summed E-state index contributed by atoms with van der Waals surface area (Å²) in [5.41, 5.74) is 1.57. The molecule has 0 atom stereocenters. The molecule has 0 bridgehead atoms. The molecule has 3 aromatic rings. The normalized spacial score (nSPS) is 14.4. The second kappa shape index (κ2) is 5.98. The van der Waals surface area contributed by atoms with Gasteiger partial charge in [0.25, 0.3) is 0 Å². The predicted octanol–water partition coefficient (Wildman–Crippen LogP) is 4.23. The van der Waals surface area contributed by atoms with Gasteiger partial charge in [-0.05, 0) is 49.4 Å². The van der Waals surface area contributed by atoms with Crippen molar-refractivity contribution < 1.29 is 13.2 Å². The second-order valence-electron chi connectivity index (χ2n) is 6.06. The number of para-hydroxylation sites is 1. The number of fused-ring (bicyclic) bond motifs is 1. The molecule has 0 N–H and O–H groups in total. The Hall–Kier alpha value is -2.70. The SMILES string of the molecule is FC(F)(F)c1c(-c2cc3c(nn2)CCCC3)cnn1-c1ccccc1. The number of aromatic nitrogens is 4. The van der Waals surface area contributed by atoms with Crippen molar-refractivity contribution in [2.24, 2.45) is 0 Å². The summed E-state index contributed by atoms with van der Waals surface area (Å²) in [5.74, 6) is 0.